The molecule has 1 N–H and O–H groups in total. The van der Waals surface area contributed by atoms with Crippen molar-refractivity contribution in [2.45, 2.75) is 25.1 Å². The first-order valence-corrected chi connectivity index (χ1v) is 6.52. The Labute approximate surface area is 120 Å². The topological polar surface area (TPSA) is 49.8 Å². The maximum absolute atomic E-state index is 13.2. The second-order valence-corrected chi connectivity index (χ2v) is 4.94. The summed E-state index contributed by atoms with van der Waals surface area (Å²) in [4.78, 5) is 13.6. The summed E-state index contributed by atoms with van der Waals surface area (Å²) in [6, 6.07) is 3.82. The van der Waals surface area contributed by atoms with Crippen molar-refractivity contribution in [3.8, 4) is 0 Å². The molecule has 7 heteroatoms. The predicted molar refractivity (Wildman–Crippen MR) is 70.0 cm³/mol. The summed E-state index contributed by atoms with van der Waals surface area (Å²) in [5.41, 5.74) is -2.68. The van der Waals surface area contributed by atoms with Crippen molar-refractivity contribution in [3.63, 3.8) is 0 Å². The van der Waals surface area contributed by atoms with Gasteiger partial charge in [-0.2, -0.15) is 13.2 Å². The van der Waals surface area contributed by atoms with Gasteiger partial charge >= 0.3 is 12.1 Å². The number of halogens is 3. The van der Waals surface area contributed by atoms with Gasteiger partial charge in [0, 0.05) is 24.8 Å². The lowest BCUT2D eigenvalue weighted by Gasteiger charge is -2.29. The molecule has 1 aliphatic heterocycles. The van der Waals surface area contributed by atoms with E-state index < -0.39 is 23.3 Å². The molecule has 2 rings (SSSR count). The Hall–Kier alpha value is -1.76. The minimum Gasteiger partial charge on any atom is -0.463 e. The summed E-state index contributed by atoms with van der Waals surface area (Å²) in [7, 11) is 1.83. The monoisotopic (exact) mass is 303 g/mol. The molecule has 0 saturated heterocycles. The van der Waals surface area contributed by atoms with Crippen LogP contribution in [0.2, 0.25) is 0 Å². The van der Waals surface area contributed by atoms with E-state index in [-0.39, 0.29) is 6.61 Å². The molecule has 1 heterocycles. The molecule has 116 valence electrons. The molecule has 1 aliphatic rings. The van der Waals surface area contributed by atoms with E-state index in [1.807, 2.05) is 11.9 Å². The zero-order valence-electron chi connectivity index (χ0n) is 11.7. The summed E-state index contributed by atoms with van der Waals surface area (Å²) >= 11 is 0. The fraction of sp³-hybridized carbons (Fsp3) is 0.500. The standard InChI is InChI=1S/C14H16F3NO3/c1-3-21-12(19)13(20,14(15,16)17)10-4-5-11-9(8-10)6-7-18(11)2/h4-5,8,20H,3,6-7H2,1-2H3/t13-/m0/s1. The number of ether oxygens (including phenoxy) is 1. The minimum atomic E-state index is -5.15. The number of rotatable bonds is 3. The van der Waals surface area contributed by atoms with Crippen LogP contribution in [0, 0.1) is 0 Å². The Morgan fingerprint density at radius 3 is 2.67 bits per heavy atom. The van der Waals surface area contributed by atoms with Crippen LogP contribution in [0.3, 0.4) is 0 Å². The summed E-state index contributed by atoms with van der Waals surface area (Å²) in [6.45, 7) is 1.82. The number of anilines is 1. The second kappa shape index (κ2) is 5.22. The van der Waals surface area contributed by atoms with Crippen LogP contribution in [-0.4, -0.2) is 37.5 Å². The molecule has 0 bridgehead atoms. The number of carbonyl (C=O) groups excluding carboxylic acids is 1. The lowest BCUT2D eigenvalue weighted by atomic mass is 9.91. The lowest BCUT2D eigenvalue weighted by Crippen LogP contribution is -2.50. The van der Waals surface area contributed by atoms with Crippen LogP contribution in [0.4, 0.5) is 18.9 Å². The van der Waals surface area contributed by atoms with Crippen LogP contribution in [-0.2, 0) is 21.6 Å². The van der Waals surface area contributed by atoms with E-state index in [0.717, 1.165) is 11.8 Å². The number of fused-ring (bicyclic) bond motifs is 1. The third kappa shape index (κ3) is 2.46. The van der Waals surface area contributed by atoms with Crippen LogP contribution in [0.15, 0.2) is 18.2 Å². The number of hydrogen-bond acceptors (Lipinski definition) is 4. The van der Waals surface area contributed by atoms with E-state index in [1.54, 1.807) is 0 Å². The fourth-order valence-corrected chi connectivity index (χ4v) is 2.42. The molecular weight excluding hydrogens is 287 g/mol. The Bertz CT molecular complexity index is 559. The van der Waals surface area contributed by atoms with Crippen molar-refractivity contribution in [1.82, 2.24) is 0 Å². The molecule has 0 aromatic heterocycles. The van der Waals surface area contributed by atoms with Gasteiger partial charge in [-0.15, -0.1) is 0 Å². The smallest absolute Gasteiger partial charge is 0.432 e. The minimum absolute atomic E-state index is 0.245. The van der Waals surface area contributed by atoms with Gasteiger partial charge in [0.25, 0.3) is 5.60 Å². The zero-order chi connectivity index (χ0) is 15.8. The molecule has 0 amide bonds. The first kappa shape index (κ1) is 15.6. The number of carbonyl (C=O) groups is 1. The average Bonchev–Trinajstić information content (AvgIpc) is 2.78. The normalized spacial score (nSPS) is 17.3. The van der Waals surface area contributed by atoms with Crippen LogP contribution in [0.5, 0.6) is 0 Å². The van der Waals surface area contributed by atoms with Crippen molar-refractivity contribution in [2.24, 2.45) is 0 Å². The number of hydrogen-bond donors (Lipinski definition) is 1. The van der Waals surface area contributed by atoms with Gasteiger partial charge in [0.2, 0.25) is 0 Å². The fourth-order valence-electron chi connectivity index (χ4n) is 2.42. The Morgan fingerprint density at radius 1 is 1.43 bits per heavy atom. The number of benzene rings is 1. The molecule has 4 nitrogen and oxygen atoms in total. The Balaban J connectivity index is 2.50. The molecule has 0 saturated carbocycles. The van der Waals surface area contributed by atoms with Gasteiger partial charge in [-0.25, -0.2) is 4.79 Å². The quantitative estimate of drug-likeness (QED) is 0.868. The van der Waals surface area contributed by atoms with E-state index in [0.29, 0.717) is 18.5 Å². The number of alkyl halides is 3. The summed E-state index contributed by atoms with van der Waals surface area (Å²) < 4.78 is 44.1. The van der Waals surface area contributed by atoms with Gasteiger partial charge in [0.1, 0.15) is 0 Å². The number of nitrogens with zero attached hydrogens (tertiary/aromatic N) is 1. The summed E-state index contributed by atoms with van der Waals surface area (Å²) in [6.07, 6.45) is -4.59. The highest BCUT2D eigenvalue weighted by Crippen LogP contribution is 2.42. The van der Waals surface area contributed by atoms with Crippen LogP contribution < -0.4 is 4.90 Å². The van der Waals surface area contributed by atoms with Gasteiger partial charge in [-0.1, -0.05) is 6.07 Å². The van der Waals surface area contributed by atoms with Crippen LogP contribution in [0.1, 0.15) is 18.1 Å². The van der Waals surface area contributed by atoms with Crippen LogP contribution in [0.25, 0.3) is 0 Å². The number of esters is 1. The van der Waals surface area contributed by atoms with Crippen molar-refractivity contribution in [3.05, 3.63) is 29.3 Å². The molecule has 0 fully saturated rings. The molecule has 1 aromatic carbocycles. The molecule has 0 aliphatic carbocycles. The lowest BCUT2D eigenvalue weighted by molar-refractivity contribution is -0.267. The molecule has 21 heavy (non-hydrogen) atoms. The van der Waals surface area contributed by atoms with Gasteiger partial charge in [-0.3, -0.25) is 0 Å². The molecule has 0 radical (unpaired) electrons. The largest absolute Gasteiger partial charge is 0.463 e. The van der Waals surface area contributed by atoms with Gasteiger partial charge in [0.05, 0.1) is 6.61 Å². The first-order valence-electron chi connectivity index (χ1n) is 6.52. The van der Waals surface area contributed by atoms with Crippen molar-refractivity contribution in [2.75, 3.05) is 25.1 Å². The summed E-state index contributed by atoms with van der Waals surface area (Å²) in [5, 5.41) is 10.0. The average molecular weight is 303 g/mol. The highest BCUT2D eigenvalue weighted by atomic mass is 19.4. The molecular formula is C14H16F3NO3. The third-order valence-corrected chi connectivity index (χ3v) is 3.61. The molecule has 1 aromatic rings. The van der Waals surface area contributed by atoms with Crippen molar-refractivity contribution in [1.29, 1.82) is 0 Å². The number of aliphatic hydroxyl groups is 1. The van der Waals surface area contributed by atoms with Crippen molar-refractivity contribution >= 4 is 11.7 Å². The summed E-state index contributed by atoms with van der Waals surface area (Å²) in [5.74, 6) is -1.70. The van der Waals surface area contributed by atoms with E-state index in [1.165, 1.54) is 19.1 Å². The van der Waals surface area contributed by atoms with Gasteiger partial charge in [-0.05, 0) is 31.0 Å². The predicted octanol–water partition coefficient (Wildman–Crippen LogP) is 1.99. The number of likely N-dealkylation sites (N-methyl/N-ethyl adjacent to an activating group) is 1. The highest BCUT2D eigenvalue weighted by Gasteiger charge is 2.62. The van der Waals surface area contributed by atoms with E-state index >= 15 is 0 Å². The van der Waals surface area contributed by atoms with E-state index in [9.17, 15) is 23.1 Å². The highest BCUT2D eigenvalue weighted by molar-refractivity contribution is 5.82. The second-order valence-electron chi connectivity index (χ2n) is 4.94. The van der Waals surface area contributed by atoms with Gasteiger partial charge in [0.15, 0.2) is 0 Å². The third-order valence-electron chi connectivity index (χ3n) is 3.61. The Morgan fingerprint density at radius 2 is 2.10 bits per heavy atom. The zero-order valence-corrected chi connectivity index (χ0v) is 11.7. The molecule has 0 unspecified atom stereocenters. The Kier molecular flexibility index (Phi) is 3.88. The van der Waals surface area contributed by atoms with Crippen molar-refractivity contribution < 1.29 is 27.8 Å². The van der Waals surface area contributed by atoms with Gasteiger partial charge < -0.3 is 14.7 Å². The molecule has 0 spiro atoms. The van der Waals surface area contributed by atoms with E-state index in [2.05, 4.69) is 4.74 Å². The van der Waals surface area contributed by atoms with Crippen LogP contribution >= 0.6 is 0 Å². The maximum atomic E-state index is 13.2. The SMILES string of the molecule is CCOC(=O)[C@@](O)(c1ccc2c(c1)CCN2C)C(F)(F)F. The first-order chi connectivity index (χ1) is 9.71. The van der Waals surface area contributed by atoms with E-state index in [4.69, 9.17) is 0 Å². The maximum Gasteiger partial charge on any atom is 0.432 e. The molecule has 1 atom stereocenters.